The maximum absolute atomic E-state index is 11.4. The first-order valence-corrected chi connectivity index (χ1v) is 6.04. The molecule has 0 saturated carbocycles. The Morgan fingerprint density at radius 2 is 2.38 bits per heavy atom. The van der Waals surface area contributed by atoms with Crippen molar-refractivity contribution in [3.8, 4) is 0 Å². The summed E-state index contributed by atoms with van der Waals surface area (Å²) >= 11 is 4.13. The van der Waals surface area contributed by atoms with Crippen molar-refractivity contribution in [3.05, 3.63) is 35.4 Å². The van der Waals surface area contributed by atoms with Crippen LogP contribution in [0.25, 0.3) is 6.08 Å². The van der Waals surface area contributed by atoms with Gasteiger partial charge in [0.25, 0.3) is 0 Å². The Morgan fingerprint density at radius 1 is 1.56 bits per heavy atom. The van der Waals surface area contributed by atoms with Crippen LogP contribution in [-0.2, 0) is 11.2 Å². The molecule has 84 valence electrons. The average Bonchev–Trinajstić information content (AvgIpc) is 2.69. The molecule has 2 nitrogen and oxygen atoms in total. The summed E-state index contributed by atoms with van der Waals surface area (Å²) in [6, 6.07) is 6.22. The molecule has 0 fully saturated rings. The molecule has 2 rings (SSSR count). The van der Waals surface area contributed by atoms with Crippen LogP contribution in [0.3, 0.4) is 0 Å². The van der Waals surface area contributed by atoms with E-state index in [9.17, 15) is 4.79 Å². The van der Waals surface area contributed by atoms with Crippen LogP contribution in [-0.4, -0.2) is 18.2 Å². The Balaban J connectivity index is 2.29. The zero-order valence-electron chi connectivity index (χ0n) is 9.31. The molecule has 0 unspecified atom stereocenters. The van der Waals surface area contributed by atoms with E-state index in [4.69, 9.17) is 0 Å². The molecule has 0 bridgehead atoms. The molecule has 0 atom stereocenters. The van der Waals surface area contributed by atoms with Crippen molar-refractivity contribution in [2.75, 3.05) is 17.2 Å². The normalized spacial score (nSPS) is 14.5. The highest BCUT2D eigenvalue weighted by molar-refractivity contribution is 7.80. The van der Waals surface area contributed by atoms with E-state index in [0.717, 1.165) is 24.4 Å². The summed E-state index contributed by atoms with van der Waals surface area (Å²) in [7, 11) is 0. The van der Waals surface area contributed by atoms with Gasteiger partial charge in [0.05, 0.1) is 0 Å². The third-order valence-electron chi connectivity index (χ3n) is 2.79. The monoisotopic (exact) mass is 233 g/mol. The molecule has 1 heterocycles. The number of amides is 1. The molecule has 1 aromatic rings. The number of rotatable bonds is 2. The first-order valence-electron chi connectivity index (χ1n) is 5.41. The highest BCUT2D eigenvalue weighted by Crippen LogP contribution is 2.29. The van der Waals surface area contributed by atoms with E-state index in [1.807, 2.05) is 23.1 Å². The van der Waals surface area contributed by atoms with Gasteiger partial charge in [0.15, 0.2) is 0 Å². The highest BCUT2D eigenvalue weighted by atomic mass is 32.1. The van der Waals surface area contributed by atoms with E-state index >= 15 is 0 Å². The van der Waals surface area contributed by atoms with Crippen LogP contribution in [0.15, 0.2) is 24.3 Å². The van der Waals surface area contributed by atoms with Crippen LogP contribution in [0, 0.1) is 0 Å². The summed E-state index contributed by atoms with van der Waals surface area (Å²) in [5.74, 6) is 0.869. The Morgan fingerprint density at radius 3 is 3.06 bits per heavy atom. The minimum atomic E-state index is 0.123. The van der Waals surface area contributed by atoms with Crippen molar-refractivity contribution in [1.82, 2.24) is 0 Å². The number of carbonyl (C=O) groups excluding carboxylic acids is 1. The number of anilines is 1. The second-order valence-corrected chi connectivity index (χ2v) is 4.26. The molecule has 1 aliphatic rings. The predicted molar refractivity (Wildman–Crippen MR) is 71.1 cm³/mol. The van der Waals surface area contributed by atoms with Crippen molar-refractivity contribution in [1.29, 1.82) is 0 Å². The molecule has 1 amide bonds. The quantitative estimate of drug-likeness (QED) is 0.778. The van der Waals surface area contributed by atoms with Gasteiger partial charge in [0.1, 0.15) is 0 Å². The van der Waals surface area contributed by atoms with E-state index in [2.05, 4.69) is 24.8 Å². The molecule has 0 saturated heterocycles. The van der Waals surface area contributed by atoms with Gasteiger partial charge >= 0.3 is 0 Å². The first-order chi connectivity index (χ1) is 7.72. The number of benzene rings is 1. The Kier molecular flexibility index (Phi) is 3.34. The van der Waals surface area contributed by atoms with Crippen LogP contribution in [0.4, 0.5) is 5.69 Å². The number of hydrogen-bond acceptors (Lipinski definition) is 2. The van der Waals surface area contributed by atoms with Gasteiger partial charge in [-0.1, -0.05) is 18.2 Å². The van der Waals surface area contributed by atoms with E-state index in [1.54, 1.807) is 6.92 Å². The minimum Gasteiger partial charge on any atom is -0.312 e. The number of thiol groups is 1. The molecule has 0 aliphatic carbocycles. The summed E-state index contributed by atoms with van der Waals surface area (Å²) in [6.45, 7) is 2.42. The molecule has 1 aliphatic heterocycles. The zero-order chi connectivity index (χ0) is 11.5. The number of nitrogens with zero attached hydrogens (tertiary/aromatic N) is 1. The summed E-state index contributed by atoms with van der Waals surface area (Å²) in [5.41, 5.74) is 3.50. The predicted octanol–water partition coefficient (Wildman–Crippen LogP) is 2.54. The van der Waals surface area contributed by atoms with Crippen LogP contribution >= 0.6 is 12.6 Å². The summed E-state index contributed by atoms with van der Waals surface area (Å²) in [5, 5.41) is 0. The van der Waals surface area contributed by atoms with Crippen LogP contribution in [0.2, 0.25) is 0 Å². The third-order valence-corrected chi connectivity index (χ3v) is 3.01. The Bertz CT molecular complexity index is 440. The molecule has 0 radical (unpaired) electrons. The molecule has 1 aromatic carbocycles. The lowest BCUT2D eigenvalue weighted by Crippen LogP contribution is -2.25. The maximum Gasteiger partial charge on any atom is 0.223 e. The standard InChI is InChI=1S/C13H15NOS/c1-10(15)14-7-6-12-9-11(3-2-8-16)4-5-13(12)14/h2-5,9,16H,6-8H2,1H3. The summed E-state index contributed by atoms with van der Waals surface area (Å²) in [4.78, 5) is 13.2. The number of hydrogen-bond donors (Lipinski definition) is 1. The van der Waals surface area contributed by atoms with Gasteiger partial charge in [-0.05, 0) is 29.7 Å². The van der Waals surface area contributed by atoms with Crippen molar-refractivity contribution in [2.24, 2.45) is 0 Å². The summed E-state index contributed by atoms with van der Waals surface area (Å²) < 4.78 is 0. The third kappa shape index (κ3) is 2.14. The lowest BCUT2D eigenvalue weighted by atomic mass is 10.1. The van der Waals surface area contributed by atoms with Crippen molar-refractivity contribution < 1.29 is 4.79 Å². The van der Waals surface area contributed by atoms with E-state index in [1.165, 1.54) is 11.1 Å². The fourth-order valence-electron chi connectivity index (χ4n) is 2.04. The Labute approximate surface area is 101 Å². The molecule has 16 heavy (non-hydrogen) atoms. The molecule has 0 aromatic heterocycles. The molecule has 0 spiro atoms. The van der Waals surface area contributed by atoms with Gasteiger partial charge in [0, 0.05) is 24.9 Å². The van der Waals surface area contributed by atoms with Crippen molar-refractivity contribution >= 4 is 30.3 Å². The van der Waals surface area contributed by atoms with E-state index in [0.29, 0.717) is 0 Å². The van der Waals surface area contributed by atoms with E-state index in [-0.39, 0.29) is 5.91 Å². The van der Waals surface area contributed by atoms with Gasteiger partial charge in [0.2, 0.25) is 5.91 Å². The van der Waals surface area contributed by atoms with Gasteiger partial charge in [-0.15, -0.1) is 0 Å². The topological polar surface area (TPSA) is 20.3 Å². The maximum atomic E-state index is 11.4. The molecule has 0 N–H and O–H groups in total. The lowest BCUT2D eigenvalue weighted by Gasteiger charge is -2.14. The second kappa shape index (κ2) is 4.74. The van der Waals surface area contributed by atoms with Crippen molar-refractivity contribution in [3.63, 3.8) is 0 Å². The van der Waals surface area contributed by atoms with Crippen molar-refractivity contribution in [2.45, 2.75) is 13.3 Å². The van der Waals surface area contributed by atoms with E-state index < -0.39 is 0 Å². The largest absolute Gasteiger partial charge is 0.312 e. The molecular formula is C13H15NOS. The van der Waals surface area contributed by atoms with Gasteiger partial charge in [-0.2, -0.15) is 12.6 Å². The van der Waals surface area contributed by atoms with Crippen LogP contribution < -0.4 is 4.90 Å². The van der Waals surface area contributed by atoms with Crippen LogP contribution in [0.1, 0.15) is 18.1 Å². The number of carbonyl (C=O) groups is 1. The zero-order valence-corrected chi connectivity index (χ0v) is 10.2. The lowest BCUT2D eigenvalue weighted by molar-refractivity contribution is -0.116. The number of fused-ring (bicyclic) bond motifs is 1. The smallest absolute Gasteiger partial charge is 0.223 e. The molecule has 3 heteroatoms. The fourth-order valence-corrected chi connectivity index (χ4v) is 2.15. The highest BCUT2D eigenvalue weighted by Gasteiger charge is 2.21. The average molecular weight is 233 g/mol. The second-order valence-electron chi connectivity index (χ2n) is 3.89. The first kappa shape index (κ1) is 11.3. The van der Waals surface area contributed by atoms with Gasteiger partial charge in [-0.3, -0.25) is 4.79 Å². The van der Waals surface area contributed by atoms with Gasteiger partial charge < -0.3 is 4.90 Å². The molecular weight excluding hydrogens is 218 g/mol. The Hall–Kier alpha value is -1.22. The summed E-state index contributed by atoms with van der Waals surface area (Å²) in [6.07, 6.45) is 5.03. The SMILES string of the molecule is CC(=O)N1CCc2cc(C=CCS)ccc21. The van der Waals surface area contributed by atoms with Gasteiger partial charge in [-0.25, -0.2) is 0 Å². The fraction of sp³-hybridized carbons (Fsp3) is 0.308. The van der Waals surface area contributed by atoms with Crippen LogP contribution in [0.5, 0.6) is 0 Å². The minimum absolute atomic E-state index is 0.123.